The van der Waals surface area contributed by atoms with Gasteiger partial charge in [0.05, 0.1) is 0 Å². The molecule has 0 radical (unpaired) electrons. The first kappa shape index (κ1) is 13.7. The van der Waals surface area contributed by atoms with Crippen molar-refractivity contribution in [2.45, 2.75) is 86.3 Å². The Morgan fingerprint density at radius 2 is 1.79 bits per heavy atom. The van der Waals surface area contributed by atoms with Gasteiger partial charge in [0.15, 0.2) is 0 Å². The van der Waals surface area contributed by atoms with Gasteiger partial charge < -0.3 is 5.11 Å². The molecular formula is C15H25NO2S. The van der Waals surface area contributed by atoms with Crippen LogP contribution >= 0.6 is 11.8 Å². The third-order valence-electron chi connectivity index (χ3n) is 4.87. The third kappa shape index (κ3) is 3.27. The minimum absolute atomic E-state index is 0.481. The summed E-state index contributed by atoms with van der Waals surface area (Å²) in [5.41, 5.74) is -0.604. The molecule has 2 unspecified atom stereocenters. The predicted octanol–water partition coefficient (Wildman–Crippen LogP) is 3.18. The highest BCUT2D eigenvalue weighted by Crippen LogP contribution is 2.43. The summed E-state index contributed by atoms with van der Waals surface area (Å²) in [5.74, 6) is -0.619. The van der Waals surface area contributed by atoms with Gasteiger partial charge in [-0.25, -0.2) is 0 Å². The first-order chi connectivity index (χ1) is 9.18. The quantitative estimate of drug-likeness (QED) is 0.813. The highest BCUT2D eigenvalue weighted by atomic mass is 32.2. The fourth-order valence-electron chi connectivity index (χ4n) is 3.60. The maximum absolute atomic E-state index is 11.7. The molecule has 2 atom stereocenters. The highest BCUT2D eigenvalue weighted by Gasteiger charge is 2.48. The van der Waals surface area contributed by atoms with E-state index in [9.17, 15) is 9.90 Å². The van der Waals surface area contributed by atoms with Crippen molar-refractivity contribution in [3.8, 4) is 0 Å². The summed E-state index contributed by atoms with van der Waals surface area (Å²) in [6.45, 7) is 0. The number of aliphatic carboxylic acids is 1. The van der Waals surface area contributed by atoms with Crippen molar-refractivity contribution < 1.29 is 9.90 Å². The molecule has 0 bridgehead atoms. The molecule has 0 saturated heterocycles. The molecule has 0 aromatic carbocycles. The summed E-state index contributed by atoms with van der Waals surface area (Å²) in [5, 5.41) is 14.4. The monoisotopic (exact) mass is 283 g/mol. The van der Waals surface area contributed by atoms with Crippen LogP contribution in [0.3, 0.4) is 0 Å². The second-order valence-corrected chi connectivity index (χ2v) is 8.17. The number of carbonyl (C=O) groups is 1. The molecule has 3 rings (SSSR count). The second-order valence-electron chi connectivity index (χ2n) is 6.57. The van der Waals surface area contributed by atoms with Crippen molar-refractivity contribution in [1.82, 2.24) is 5.32 Å². The number of hydrogen-bond donors (Lipinski definition) is 2. The largest absolute Gasteiger partial charge is 0.480 e. The van der Waals surface area contributed by atoms with E-state index in [0.717, 1.165) is 37.4 Å². The van der Waals surface area contributed by atoms with E-state index in [1.54, 1.807) is 0 Å². The third-order valence-corrected chi connectivity index (χ3v) is 6.52. The van der Waals surface area contributed by atoms with Crippen LogP contribution in [0.4, 0.5) is 0 Å². The van der Waals surface area contributed by atoms with Gasteiger partial charge in [0.1, 0.15) is 5.54 Å². The Kier molecular flexibility index (Phi) is 4.08. The molecular weight excluding hydrogens is 258 g/mol. The molecule has 0 spiro atoms. The Bertz CT molecular complexity index is 339. The summed E-state index contributed by atoms with van der Waals surface area (Å²) >= 11 is 2.09. The van der Waals surface area contributed by atoms with Gasteiger partial charge in [-0.05, 0) is 44.9 Å². The second kappa shape index (κ2) is 5.65. The Labute approximate surface area is 119 Å². The van der Waals surface area contributed by atoms with Gasteiger partial charge in [-0.3, -0.25) is 10.1 Å². The highest BCUT2D eigenvalue weighted by molar-refractivity contribution is 8.00. The van der Waals surface area contributed by atoms with E-state index in [2.05, 4.69) is 17.1 Å². The van der Waals surface area contributed by atoms with Gasteiger partial charge in [-0.2, -0.15) is 11.8 Å². The zero-order chi connectivity index (χ0) is 13.3. The molecule has 0 amide bonds. The number of hydrogen-bond acceptors (Lipinski definition) is 3. The van der Waals surface area contributed by atoms with Crippen molar-refractivity contribution in [3.05, 3.63) is 0 Å². The summed E-state index contributed by atoms with van der Waals surface area (Å²) in [6, 6.07) is 0.481. The summed E-state index contributed by atoms with van der Waals surface area (Å²) in [6.07, 6.45) is 11.9. The smallest absolute Gasteiger partial charge is 0.323 e. The molecule has 3 aliphatic rings. The lowest BCUT2D eigenvalue weighted by Crippen LogP contribution is -2.51. The van der Waals surface area contributed by atoms with E-state index in [1.165, 1.54) is 32.1 Å². The number of carboxylic acids is 1. The van der Waals surface area contributed by atoms with Crippen LogP contribution in [-0.2, 0) is 4.79 Å². The molecule has 108 valence electrons. The van der Waals surface area contributed by atoms with E-state index in [4.69, 9.17) is 0 Å². The molecule has 3 nitrogen and oxygen atoms in total. The van der Waals surface area contributed by atoms with Crippen LogP contribution in [0.1, 0.15) is 64.2 Å². The Morgan fingerprint density at radius 3 is 2.42 bits per heavy atom. The fourth-order valence-corrected chi connectivity index (χ4v) is 5.38. The first-order valence-corrected chi connectivity index (χ1v) is 8.79. The van der Waals surface area contributed by atoms with Crippen molar-refractivity contribution in [2.24, 2.45) is 0 Å². The summed E-state index contributed by atoms with van der Waals surface area (Å²) < 4.78 is 0. The van der Waals surface area contributed by atoms with Gasteiger partial charge in [-0.15, -0.1) is 0 Å². The predicted molar refractivity (Wildman–Crippen MR) is 78.6 cm³/mol. The Balaban J connectivity index is 1.55. The standard InChI is InChI=1S/C15H25NO2S/c17-14(18)15(16-11-6-7-11)9-8-13(10-15)19-12-4-2-1-3-5-12/h11-13,16H,1-10H2,(H,17,18). The van der Waals surface area contributed by atoms with Crippen LogP contribution in [-0.4, -0.2) is 33.2 Å². The van der Waals surface area contributed by atoms with Gasteiger partial charge >= 0.3 is 5.97 Å². The zero-order valence-corrected chi connectivity index (χ0v) is 12.4. The molecule has 2 N–H and O–H groups in total. The summed E-state index contributed by atoms with van der Waals surface area (Å²) in [4.78, 5) is 11.7. The average molecular weight is 283 g/mol. The molecule has 3 fully saturated rings. The van der Waals surface area contributed by atoms with Gasteiger partial charge in [0.25, 0.3) is 0 Å². The molecule has 0 heterocycles. The van der Waals surface area contributed by atoms with Gasteiger partial charge in [0.2, 0.25) is 0 Å². The van der Waals surface area contributed by atoms with E-state index >= 15 is 0 Å². The topological polar surface area (TPSA) is 49.3 Å². The van der Waals surface area contributed by atoms with Gasteiger partial charge in [0, 0.05) is 16.5 Å². The van der Waals surface area contributed by atoms with Crippen LogP contribution in [0.2, 0.25) is 0 Å². The molecule has 19 heavy (non-hydrogen) atoms. The van der Waals surface area contributed by atoms with Crippen molar-refractivity contribution >= 4 is 17.7 Å². The molecule has 0 aromatic heterocycles. The average Bonchev–Trinajstić information content (AvgIpc) is 3.11. The summed E-state index contributed by atoms with van der Waals surface area (Å²) in [7, 11) is 0. The lowest BCUT2D eigenvalue weighted by atomic mass is 9.98. The normalized spacial score (nSPS) is 36.5. The number of nitrogens with one attached hydrogen (secondary N) is 1. The van der Waals surface area contributed by atoms with E-state index in [-0.39, 0.29) is 0 Å². The fraction of sp³-hybridized carbons (Fsp3) is 0.933. The Hall–Kier alpha value is -0.220. The Morgan fingerprint density at radius 1 is 1.05 bits per heavy atom. The van der Waals surface area contributed by atoms with E-state index in [0.29, 0.717) is 11.3 Å². The molecule has 4 heteroatoms. The molecule has 0 aromatic rings. The molecule has 0 aliphatic heterocycles. The van der Waals surface area contributed by atoms with E-state index in [1.807, 2.05) is 0 Å². The van der Waals surface area contributed by atoms with Crippen molar-refractivity contribution in [3.63, 3.8) is 0 Å². The number of rotatable bonds is 5. The van der Waals surface area contributed by atoms with Crippen molar-refractivity contribution in [2.75, 3.05) is 0 Å². The lowest BCUT2D eigenvalue weighted by molar-refractivity contribution is -0.144. The minimum atomic E-state index is -0.619. The SMILES string of the molecule is O=C(O)C1(NC2CC2)CCC(SC2CCCCC2)C1. The van der Waals surface area contributed by atoms with Crippen LogP contribution < -0.4 is 5.32 Å². The van der Waals surface area contributed by atoms with Crippen LogP contribution in [0.15, 0.2) is 0 Å². The number of carboxylic acid groups (broad SMARTS) is 1. The van der Waals surface area contributed by atoms with Crippen LogP contribution in [0.25, 0.3) is 0 Å². The zero-order valence-electron chi connectivity index (χ0n) is 11.6. The van der Waals surface area contributed by atoms with Crippen LogP contribution in [0.5, 0.6) is 0 Å². The van der Waals surface area contributed by atoms with Gasteiger partial charge in [-0.1, -0.05) is 19.3 Å². The van der Waals surface area contributed by atoms with Crippen LogP contribution in [0, 0.1) is 0 Å². The first-order valence-electron chi connectivity index (χ1n) is 7.84. The lowest BCUT2D eigenvalue weighted by Gasteiger charge is -2.27. The maximum Gasteiger partial charge on any atom is 0.323 e. The maximum atomic E-state index is 11.7. The van der Waals surface area contributed by atoms with E-state index < -0.39 is 11.5 Å². The minimum Gasteiger partial charge on any atom is -0.480 e. The van der Waals surface area contributed by atoms with Crippen molar-refractivity contribution in [1.29, 1.82) is 0 Å². The number of thioether (sulfide) groups is 1. The molecule has 3 saturated carbocycles. The molecule has 3 aliphatic carbocycles.